The molecule has 0 radical (unpaired) electrons. The van der Waals surface area contributed by atoms with Gasteiger partial charge in [0, 0.05) is 0 Å². The number of rotatable bonds is 7. The number of hydrogen-bond acceptors (Lipinski definition) is 2. The van der Waals surface area contributed by atoms with E-state index in [1.54, 1.807) is 12.1 Å². The van der Waals surface area contributed by atoms with Crippen molar-refractivity contribution in [3.63, 3.8) is 0 Å². The fraction of sp³-hybridized carbons (Fsp3) is 0.538. The molecule has 0 atom stereocenters. The second-order valence-electron chi connectivity index (χ2n) is 3.69. The summed E-state index contributed by atoms with van der Waals surface area (Å²) in [6.45, 7) is 4.69. The van der Waals surface area contributed by atoms with Gasteiger partial charge in [-0.25, -0.2) is 4.39 Å². The standard InChI is InChI=1S/C13H19FOS/c1-3-16-9-5-4-8-15-13-10-11(2)6-7-12(13)14/h6-7,10H,3-5,8-9H2,1-2H3. The molecule has 0 fully saturated rings. The van der Waals surface area contributed by atoms with Crippen LogP contribution in [0.15, 0.2) is 18.2 Å². The van der Waals surface area contributed by atoms with Crippen LogP contribution in [0.25, 0.3) is 0 Å². The van der Waals surface area contributed by atoms with Crippen LogP contribution in [0.1, 0.15) is 25.3 Å². The molecule has 0 saturated carbocycles. The predicted octanol–water partition coefficient (Wildman–Crippen LogP) is 4.05. The fourth-order valence-corrected chi connectivity index (χ4v) is 2.05. The van der Waals surface area contributed by atoms with Gasteiger partial charge in [0.2, 0.25) is 0 Å². The van der Waals surface area contributed by atoms with Gasteiger partial charge >= 0.3 is 0 Å². The molecular formula is C13H19FOS. The molecule has 90 valence electrons. The molecule has 0 aromatic heterocycles. The zero-order valence-corrected chi connectivity index (χ0v) is 10.8. The molecule has 0 aliphatic carbocycles. The number of benzene rings is 1. The average molecular weight is 242 g/mol. The van der Waals surface area contributed by atoms with E-state index in [1.165, 1.54) is 6.07 Å². The van der Waals surface area contributed by atoms with Crippen LogP contribution in [0, 0.1) is 12.7 Å². The summed E-state index contributed by atoms with van der Waals surface area (Å²) < 4.78 is 18.7. The number of halogens is 1. The molecule has 0 heterocycles. The molecule has 1 nitrogen and oxygen atoms in total. The quantitative estimate of drug-likeness (QED) is 0.667. The molecule has 1 rings (SSSR count). The Morgan fingerprint density at radius 2 is 2.12 bits per heavy atom. The van der Waals surface area contributed by atoms with Gasteiger partial charge < -0.3 is 4.74 Å². The predicted molar refractivity (Wildman–Crippen MR) is 68.9 cm³/mol. The summed E-state index contributed by atoms with van der Waals surface area (Å²) >= 11 is 1.93. The highest BCUT2D eigenvalue weighted by Crippen LogP contribution is 2.18. The summed E-state index contributed by atoms with van der Waals surface area (Å²) in [6.07, 6.45) is 2.12. The third kappa shape index (κ3) is 4.88. The van der Waals surface area contributed by atoms with Crippen LogP contribution in [0.5, 0.6) is 5.75 Å². The molecule has 0 amide bonds. The Hall–Kier alpha value is -0.700. The minimum absolute atomic E-state index is 0.270. The van der Waals surface area contributed by atoms with Crippen LogP contribution in [-0.2, 0) is 0 Å². The van der Waals surface area contributed by atoms with Crippen molar-refractivity contribution in [2.45, 2.75) is 26.7 Å². The molecule has 0 unspecified atom stereocenters. The van der Waals surface area contributed by atoms with Crippen LogP contribution < -0.4 is 4.74 Å². The Balaban J connectivity index is 2.23. The first-order valence-corrected chi connectivity index (χ1v) is 6.86. The third-order valence-corrected chi connectivity index (χ3v) is 3.22. The first kappa shape index (κ1) is 13.4. The van der Waals surface area contributed by atoms with Crippen molar-refractivity contribution in [1.29, 1.82) is 0 Å². The average Bonchev–Trinajstić information content (AvgIpc) is 2.28. The largest absolute Gasteiger partial charge is 0.491 e. The Bertz CT molecular complexity index is 315. The van der Waals surface area contributed by atoms with Crippen molar-refractivity contribution in [3.8, 4) is 5.75 Å². The zero-order valence-electron chi connectivity index (χ0n) is 9.96. The Kier molecular flexibility index (Phi) is 6.31. The van der Waals surface area contributed by atoms with Crippen LogP contribution in [0.3, 0.4) is 0 Å². The number of ether oxygens (including phenoxy) is 1. The lowest BCUT2D eigenvalue weighted by Crippen LogP contribution is -2.00. The van der Waals surface area contributed by atoms with Gasteiger partial charge in [0.15, 0.2) is 11.6 Å². The van der Waals surface area contributed by atoms with Gasteiger partial charge in [0.1, 0.15) is 0 Å². The van der Waals surface area contributed by atoms with E-state index in [9.17, 15) is 4.39 Å². The summed E-state index contributed by atoms with van der Waals surface area (Å²) in [7, 11) is 0. The number of aryl methyl sites for hydroxylation is 1. The van der Waals surface area contributed by atoms with E-state index >= 15 is 0 Å². The maximum Gasteiger partial charge on any atom is 0.165 e. The molecular weight excluding hydrogens is 223 g/mol. The SMILES string of the molecule is CCSCCCCOc1cc(C)ccc1F. The van der Waals surface area contributed by atoms with Gasteiger partial charge in [0.25, 0.3) is 0 Å². The van der Waals surface area contributed by atoms with E-state index in [0.29, 0.717) is 12.4 Å². The van der Waals surface area contributed by atoms with Gasteiger partial charge in [-0.1, -0.05) is 13.0 Å². The molecule has 1 aromatic rings. The third-order valence-electron chi connectivity index (χ3n) is 2.23. The lowest BCUT2D eigenvalue weighted by Gasteiger charge is -2.07. The highest BCUT2D eigenvalue weighted by molar-refractivity contribution is 7.99. The lowest BCUT2D eigenvalue weighted by molar-refractivity contribution is 0.294. The molecule has 0 spiro atoms. The summed E-state index contributed by atoms with van der Waals surface area (Å²) in [5, 5.41) is 0. The maximum atomic E-state index is 13.3. The zero-order chi connectivity index (χ0) is 11.8. The second kappa shape index (κ2) is 7.55. The topological polar surface area (TPSA) is 9.23 Å². The van der Waals surface area contributed by atoms with E-state index in [1.807, 2.05) is 18.7 Å². The molecule has 1 aromatic carbocycles. The fourth-order valence-electron chi connectivity index (χ4n) is 1.35. The molecule has 0 aliphatic heterocycles. The summed E-state index contributed by atoms with van der Waals surface area (Å²) in [5.74, 6) is 2.43. The van der Waals surface area contributed by atoms with E-state index in [-0.39, 0.29) is 5.82 Å². The summed E-state index contributed by atoms with van der Waals surface area (Å²) in [4.78, 5) is 0. The number of hydrogen-bond donors (Lipinski definition) is 0. The number of unbranched alkanes of at least 4 members (excludes halogenated alkanes) is 1. The molecule has 0 N–H and O–H groups in total. The first-order chi connectivity index (χ1) is 7.74. The van der Waals surface area contributed by atoms with Crippen molar-refractivity contribution < 1.29 is 9.13 Å². The van der Waals surface area contributed by atoms with Gasteiger partial charge in [-0.2, -0.15) is 11.8 Å². The van der Waals surface area contributed by atoms with Crippen LogP contribution >= 0.6 is 11.8 Å². The Labute approximate surface area is 101 Å². The molecule has 0 bridgehead atoms. The minimum Gasteiger partial charge on any atom is -0.491 e. The van der Waals surface area contributed by atoms with E-state index < -0.39 is 0 Å². The molecule has 16 heavy (non-hydrogen) atoms. The Morgan fingerprint density at radius 1 is 1.31 bits per heavy atom. The summed E-state index contributed by atoms with van der Waals surface area (Å²) in [5.41, 5.74) is 1.03. The highest BCUT2D eigenvalue weighted by atomic mass is 32.2. The van der Waals surface area contributed by atoms with Gasteiger partial charge in [0.05, 0.1) is 6.61 Å². The van der Waals surface area contributed by atoms with Crippen molar-refractivity contribution in [3.05, 3.63) is 29.6 Å². The monoisotopic (exact) mass is 242 g/mol. The normalized spacial score (nSPS) is 10.4. The smallest absolute Gasteiger partial charge is 0.165 e. The van der Waals surface area contributed by atoms with Crippen molar-refractivity contribution >= 4 is 11.8 Å². The van der Waals surface area contributed by atoms with Crippen molar-refractivity contribution in [2.24, 2.45) is 0 Å². The van der Waals surface area contributed by atoms with E-state index in [4.69, 9.17) is 4.74 Å². The summed E-state index contributed by atoms with van der Waals surface area (Å²) in [6, 6.07) is 4.95. The second-order valence-corrected chi connectivity index (χ2v) is 5.08. The molecule has 3 heteroatoms. The van der Waals surface area contributed by atoms with Crippen molar-refractivity contribution in [2.75, 3.05) is 18.1 Å². The number of thioether (sulfide) groups is 1. The molecule has 0 aliphatic rings. The van der Waals surface area contributed by atoms with E-state index in [0.717, 1.165) is 29.9 Å². The minimum atomic E-state index is -0.270. The lowest BCUT2D eigenvalue weighted by atomic mass is 10.2. The van der Waals surface area contributed by atoms with E-state index in [2.05, 4.69) is 6.92 Å². The highest BCUT2D eigenvalue weighted by Gasteiger charge is 2.02. The van der Waals surface area contributed by atoms with Crippen LogP contribution in [0.2, 0.25) is 0 Å². The van der Waals surface area contributed by atoms with Gasteiger partial charge in [-0.3, -0.25) is 0 Å². The van der Waals surface area contributed by atoms with Gasteiger partial charge in [-0.05, 0) is 49.0 Å². The van der Waals surface area contributed by atoms with Crippen LogP contribution in [0.4, 0.5) is 4.39 Å². The van der Waals surface area contributed by atoms with Crippen molar-refractivity contribution in [1.82, 2.24) is 0 Å². The van der Waals surface area contributed by atoms with Crippen LogP contribution in [-0.4, -0.2) is 18.1 Å². The Morgan fingerprint density at radius 3 is 2.88 bits per heavy atom. The molecule has 0 saturated heterocycles. The van der Waals surface area contributed by atoms with Gasteiger partial charge in [-0.15, -0.1) is 0 Å². The first-order valence-electron chi connectivity index (χ1n) is 5.70. The maximum absolute atomic E-state index is 13.3.